The average molecular weight is 230 g/mol. The zero-order chi connectivity index (χ0) is 12.2. The normalized spacial score (nSPS) is 12.2. The van der Waals surface area contributed by atoms with Crippen LogP contribution in [0.15, 0.2) is 24.3 Å². The highest BCUT2D eigenvalue weighted by Crippen LogP contribution is 2.34. The van der Waals surface area contributed by atoms with E-state index in [4.69, 9.17) is 11.5 Å². The quantitative estimate of drug-likeness (QED) is 0.784. The Kier molecular flexibility index (Phi) is 3.95. The largest absolute Gasteiger partial charge is 0.417 e. The van der Waals surface area contributed by atoms with Crippen molar-refractivity contribution in [2.75, 3.05) is 12.3 Å². The molecular formula is C11H13F3N2. The van der Waals surface area contributed by atoms with Gasteiger partial charge < -0.3 is 11.5 Å². The Hall–Kier alpha value is -1.49. The van der Waals surface area contributed by atoms with Crippen molar-refractivity contribution in [3.8, 4) is 0 Å². The van der Waals surface area contributed by atoms with Gasteiger partial charge in [-0.1, -0.05) is 18.2 Å². The molecule has 5 heteroatoms. The number of alkyl halides is 3. The van der Waals surface area contributed by atoms with Gasteiger partial charge in [-0.3, -0.25) is 0 Å². The second kappa shape index (κ2) is 5.03. The lowest BCUT2D eigenvalue weighted by Gasteiger charge is -2.12. The first kappa shape index (κ1) is 12.6. The standard InChI is InChI=1S/C11H13F3N2/c12-11(13,14)9-5-3-6-10(16)8(9)4-1-2-7-15/h1,3-6H,2,7,15-16H2. The second-order valence-corrected chi connectivity index (χ2v) is 3.29. The summed E-state index contributed by atoms with van der Waals surface area (Å²) >= 11 is 0. The highest BCUT2D eigenvalue weighted by Gasteiger charge is 2.33. The van der Waals surface area contributed by atoms with Gasteiger partial charge in [-0.25, -0.2) is 0 Å². The fraction of sp³-hybridized carbons (Fsp3) is 0.273. The number of hydrogen-bond acceptors (Lipinski definition) is 2. The summed E-state index contributed by atoms with van der Waals surface area (Å²) in [5.74, 6) is 0. The summed E-state index contributed by atoms with van der Waals surface area (Å²) < 4.78 is 37.9. The molecule has 2 nitrogen and oxygen atoms in total. The van der Waals surface area contributed by atoms with Crippen LogP contribution in [0.4, 0.5) is 18.9 Å². The van der Waals surface area contributed by atoms with Crippen LogP contribution in [0.3, 0.4) is 0 Å². The van der Waals surface area contributed by atoms with Gasteiger partial charge in [0.05, 0.1) is 5.56 Å². The fourth-order valence-electron chi connectivity index (χ4n) is 1.31. The van der Waals surface area contributed by atoms with Crippen LogP contribution in [0.5, 0.6) is 0 Å². The molecule has 0 aliphatic rings. The first-order valence-electron chi connectivity index (χ1n) is 4.79. The Morgan fingerprint density at radius 3 is 2.50 bits per heavy atom. The molecule has 1 rings (SSSR count). The topological polar surface area (TPSA) is 52.0 Å². The van der Waals surface area contributed by atoms with Gasteiger partial charge in [0.15, 0.2) is 0 Å². The van der Waals surface area contributed by atoms with Crippen molar-refractivity contribution in [2.45, 2.75) is 12.6 Å². The monoisotopic (exact) mass is 230 g/mol. The van der Waals surface area contributed by atoms with E-state index in [1.165, 1.54) is 18.2 Å². The molecule has 1 aromatic rings. The van der Waals surface area contributed by atoms with Crippen LogP contribution < -0.4 is 11.5 Å². The summed E-state index contributed by atoms with van der Waals surface area (Å²) in [5.41, 5.74) is 10.2. The third kappa shape index (κ3) is 3.00. The lowest BCUT2D eigenvalue weighted by Crippen LogP contribution is -2.09. The smallest absolute Gasteiger partial charge is 0.398 e. The number of nitrogens with two attached hydrogens (primary N) is 2. The predicted molar refractivity (Wildman–Crippen MR) is 58.6 cm³/mol. The number of nitrogen functional groups attached to an aromatic ring is 1. The summed E-state index contributed by atoms with van der Waals surface area (Å²) in [4.78, 5) is 0. The molecule has 0 atom stereocenters. The molecular weight excluding hydrogens is 217 g/mol. The summed E-state index contributed by atoms with van der Waals surface area (Å²) in [6, 6.07) is 3.74. The van der Waals surface area contributed by atoms with Crippen LogP contribution in [-0.4, -0.2) is 6.54 Å². The van der Waals surface area contributed by atoms with Crippen LogP contribution >= 0.6 is 0 Å². The Bertz CT molecular complexity index is 383. The highest BCUT2D eigenvalue weighted by molar-refractivity contribution is 5.68. The van der Waals surface area contributed by atoms with Gasteiger partial charge in [-0.2, -0.15) is 13.2 Å². The van der Waals surface area contributed by atoms with Crippen LogP contribution in [0, 0.1) is 0 Å². The third-order valence-electron chi connectivity index (χ3n) is 2.06. The lowest BCUT2D eigenvalue weighted by molar-refractivity contribution is -0.137. The first-order valence-corrected chi connectivity index (χ1v) is 4.79. The molecule has 0 aliphatic carbocycles. The molecule has 0 bridgehead atoms. The van der Waals surface area contributed by atoms with Crippen molar-refractivity contribution in [3.63, 3.8) is 0 Å². The minimum absolute atomic E-state index is 0.00319. The summed E-state index contributed by atoms with van der Waals surface area (Å²) in [6.07, 6.45) is -0.921. The van der Waals surface area contributed by atoms with Gasteiger partial charge in [-0.05, 0) is 25.1 Å². The van der Waals surface area contributed by atoms with Gasteiger partial charge in [-0.15, -0.1) is 0 Å². The molecule has 0 amide bonds. The van der Waals surface area contributed by atoms with E-state index in [-0.39, 0.29) is 11.3 Å². The summed E-state index contributed by atoms with van der Waals surface area (Å²) in [7, 11) is 0. The molecule has 0 saturated heterocycles. The Morgan fingerprint density at radius 1 is 1.25 bits per heavy atom. The van der Waals surface area contributed by atoms with Crippen molar-refractivity contribution in [3.05, 3.63) is 35.4 Å². The maximum absolute atomic E-state index is 12.6. The maximum Gasteiger partial charge on any atom is 0.417 e. The van der Waals surface area contributed by atoms with Gasteiger partial charge >= 0.3 is 6.18 Å². The molecule has 88 valence electrons. The minimum Gasteiger partial charge on any atom is -0.398 e. The van der Waals surface area contributed by atoms with Crippen LogP contribution in [0.25, 0.3) is 6.08 Å². The molecule has 0 fully saturated rings. The van der Waals surface area contributed by atoms with Crippen LogP contribution in [0.1, 0.15) is 17.5 Å². The number of anilines is 1. The molecule has 1 aromatic carbocycles. The van der Waals surface area contributed by atoms with E-state index in [0.29, 0.717) is 13.0 Å². The van der Waals surface area contributed by atoms with Crippen molar-refractivity contribution >= 4 is 11.8 Å². The van der Waals surface area contributed by atoms with E-state index < -0.39 is 11.7 Å². The van der Waals surface area contributed by atoms with E-state index in [0.717, 1.165) is 6.07 Å². The predicted octanol–water partition coefficient (Wildman–Crippen LogP) is 2.65. The number of benzene rings is 1. The minimum atomic E-state index is -4.39. The third-order valence-corrected chi connectivity index (χ3v) is 2.06. The van der Waals surface area contributed by atoms with E-state index in [9.17, 15) is 13.2 Å². The van der Waals surface area contributed by atoms with Crippen molar-refractivity contribution in [1.29, 1.82) is 0 Å². The molecule has 0 spiro atoms. The molecule has 4 N–H and O–H groups in total. The van der Waals surface area contributed by atoms with Gasteiger partial charge in [0.25, 0.3) is 0 Å². The maximum atomic E-state index is 12.6. The van der Waals surface area contributed by atoms with Crippen molar-refractivity contribution in [2.24, 2.45) is 5.73 Å². The molecule has 0 radical (unpaired) electrons. The Balaban J connectivity index is 3.14. The number of rotatable bonds is 3. The van der Waals surface area contributed by atoms with Crippen LogP contribution in [0.2, 0.25) is 0 Å². The Labute approximate surface area is 91.7 Å². The van der Waals surface area contributed by atoms with Crippen molar-refractivity contribution < 1.29 is 13.2 Å². The van der Waals surface area contributed by atoms with E-state index in [2.05, 4.69) is 0 Å². The van der Waals surface area contributed by atoms with E-state index in [1.807, 2.05) is 0 Å². The lowest BCUT2D eigenvalue weighted by atomic mass is 10.0. The average Bonchev–Trinajstić information content (AvgIpc) is 2.19. The zero-order valence-corrected chi connectivity index (χ0v) is 8.59. The molecule has 0 aliphatic heterocycles. The Morgan fingerprint density at radius 2 is 1.94 bits per heavy atom. The number of halogens is 3. The fourth-order valence-corrected chi connectivity index (χ4v) is 1.31. The van der Waals surface area contributed by atoms with Gasteiger partial charge in [0.1, 0.15) is 0 Å². The van der Waals surface area contributed by atoms with E-state index >= 15 is 0 Å². The molecule has 0 unspecified atom stereocenters. The second-order valence-electron chi connectivity index (χ2n) is 3.29. The summed E-state index contributed by atoms with van der Waals surface area (Å²) in [6.45, 7) is 0.393. The van der Waals surface area contributed by atoms with Gasteiger partial charge in [0, 0.05) is 11.3 Å². The highest BCUT2D eigenvalue weighted by atomic mass is 19.4. The zero-order valence-electron chi connectivity index (χ0n) is 8.59. The van der Waals surface area contributed by atoms with Gasteiger partial charge in [0.2, 0.25) is 0 Å². The molecule has 0 saturated carbocycles. The van der Waals surface area contributed by atoms with Crippen LogP contribution in [-0.2, 0) is 6.18 Å². The molecule has 0 aromatic heterocycles. The number of hydrogen-bond donors (Lipinski definition) is 2. The SMILES string of the molecule is NCCC=Cc1c(N)cccc1C(F)(F)F. The van der Waals surface area contributed by atoms with E-state index in [1.54, 1.807) is 6.08 Å². The summed E-state index contributed by atoms with van der Waals surface area (Å²) in [5, 5.41) is 0. The molecule has 0 heterocycles. The van der Waals surface area contributed by atoms with Crippen molar-refractivity contribution in [1.82, 2.24) is 0 Å². The molecule has 16 heavy (non-hydrogen) atoms. The first-order chi connectivity index (χ1) is 7.46.